The standard InChI is InChI=1S/C15H21NO5/c1-15(2,3)21-14(19)16-11(9-13(17)18)10-7-5-6-8-12(10)20-4/h5-8,11H,9H2,1-4H3,(H,16,19)(H,17,18)/t11-/m1/s1. The maximum atomic E-state index is 11.9. The van der Waals surface area contributed by atoms with Crippen LogP contribution >= 0.6 is 0 Å². The molecule has 1 aromatic carbocycles. The molecule has 0 spiro atoms. The molecule has 0 aliphatic heterocycles. The van der Waals surface area contributed by atoms with E-state index in [2.05, 4.69) is 5.32 Å². The Hall–Kier alpha value is -2.24. The fraction of sp³-hybridized carbons (Fsp3) is 0.467. The number of carbonyl (C=O) groups is 2. The van der Waals surface area contributed by atoms with Crippen molar-refractivity contribution in [2.45, 2.75) is 38.8 Å². The quantitative estimate of drug-likeness (QED) is 0.872. The molecule has 6 heteroatoms. The number of rotatable bonds is 5. The average Bonchev–Trinajstić information content (AvgIpc) is 2.35. The van der Waals surface area contributed by atoms with E-state index in [1.54, 1.807) is 45.0 Å². The first-order valence-corrected chi connectivity index (χ1v) is 6.57. The van der Waals surface area contributed by atoms with E-state index in [4.69, 9.17) is 14.6 Å². The predicted octanol–water partition coefficient (Wildman–Crippen LogP) is 2.74. The van der Waals surface area contributed by atoms with Crippen molar-refractivity contribution in [3.8, 4) is 5.75 Å². The summed E-state index contributed by atoms with van der Waals surface area (Å²) in [5.74, 6) is -0.512. The Morgan fingerprint density at radius 1 is 1.29 bits per heavy atom. The Labute approximate surface area is 124 Å². The average molecular weight is 295 g/mol. The number of amides is 1. The van der Waals surface area contributed by atoms with E-state index in [-0.39, 0.29) is 6.42 Å². The minimum absolute atomic E-state index is 0.264. The van der Waals surface area contributed by atoms with Crippen LogP contribution in [0.4, 0.5) is 4.79 Å². The van der Waals surface area contributed by atoms with Gasteiger partial charge in [-0.05, 0) is 26.8 Å². The molecule has 0 heterocycles. The summed E-state index contributed by atoms with van der Waals surface area (Å²) in [6, 6.07) is 6.22. The van der Waals surface area contributed by atoms with Crippen molar-refractivity contribution in [2.75, 3.05) is 7.11 Å². The summed E-state index contributed by atoms with van der Waals surface area (Å²) in [5, 5.41) is 11.6. The monoisotopic (exact) mass is 295 g/mol. The molecule has 0 aliphatic carbocycles. The zero-order chi connectivity index (χ0) is 16.0. The lowest BCUT2D eigenvalue weighted by molar-refractivity contribution is -0.137. The van der Waals surface area contributed by atoms with Gasteiger partial charge in [-0.1, -0.05) is 18.2 Å². The molecule has 0 aliphatic rings. The number of carboxylic acids is 1. The zero-order valence-electron chi connectivity index (χ0n) is 12.7. The minimum Gasteiger partial charge on any atom is -0.496 e. The summed E-state index contributed by atoms with van der Waals surface area (Å²) < 4.78 is 10.4. The summed E-state index contributed by atoms with van der Waals surface area (Å²) >= 11 is 0. The Bertz CT molecular complexity index is 507. The number of nitrogens with one attached hydrogen (secondary N) is 1. The van der Waals surface area contributed by atoms with Crippen LogP contribution in [0.1, 0.15) is 38.8 Å². The largest absolute Gasteiger partial charge is 0.496 e. The highest BCUT2D eigenvalue weighted by Crippen LogP contribution is 2.27. The van der Waals surface area contributed by atoms with Gasteiger partial charge < -0.3 is 19.9 Å². The van der Waals surface area contributed by atoms with Crippen LogP contribution in [-0.4, -0.2) is 29.9 Å². The second-order valence-electron chi connectivity index (χ2n) is 5.54. The van der Waals surface area contributed by atoms with Gasteiger partial charge in [0.1, 0.15) is 11.4 Å². The zero-order valence-corrected chi connectivity index (χ0v) is 12.7. The summed E-state index contributed by atoms with van der Waals surface area (Å²) in [4.78, 5) is 22.9. The van der Waals surface area contributed by atoms with Gasteiger partial charge in [0.15, 0.2) is 0 Å². The maximum absolute atomic E-state index is 11.9. The molecule has 21 heavy (non-hydrogen) atoms. The van der Waals surface area contributed by atoms with Gasteiger partial charge in [-0.25, -0.2) is 4.79 Å². The lowest BCUT2D eigenvalue weighted by atomic mass is 10.0. The number of hydrogen-bond donors (Lipinski definition) is 2. The third-order valence-corrected chi connectivity index (χ3v) is 2.58. The molecule has 0 saturated heterocycles. The number of methoxy groups -OCH3 is 1. The molecular weight excluding hydrogens is 274 g/mol. The van der Waals surface area contributed by atoms with Gasteiger partial charge >= 0.3 is 12.1 Å². The van der Waals surface area contributed by atoms with E-state index in [1.165, 1.54) is 7.11 Å². The second kappa shape index (κ2) is 6.97. The number of hydrogen-bond acceptors (Lipinski definition) is 4. The predicted molar refractivity (Wildman–Crippen MR) is 77.4 cm³/mol. The van der Waals surface area contributed by atoms with Gasteiger partial charge in [-0.15, -0.1) is 0 Å². The Kier molecular flexibility index (Phi) is 5.58. The first kappa shape index (κ1) is 16.8. The molecule has 0 aromatic heterocycles. The molecule has 0 saturated carbocycles. The Morgan fingerprint density at radius 3 is 2.43 bits per heavy atom. The summed E-state index contributed by atoms with van der Waals surface area (Å²) in [6.07, 6.45) is -0.931. The lowest BCUT2D eigenvalue weighted by Gasteiger charge is -2.24. The van der Waals surface area contributed by atoms with E-state index in [1.807, 2.05) is 0 Å². The first-order chi connectivity index (χ1) is 9.73. The third kappa shape index (κ3) is 5.72. The van der Waals surface area contributed by atoms with Crippen LogP contribution in [0, 0.1) is 0 Å². The fourth-order valence-corrected chi connectivity index (χ4v) is 1.82. The third-order valence-electron chi connectivity index (χ3n) is 2.58. The van der Waals surface area contributed by atoms with Gasteiger partial charge in [-0.3, -0.25) is 4.79 Å². The topological polar surface area (TPSA) is 84.9 Å². The number of benzene rings is 1. The van der Waals surface area contributed by atoms with Crippen molar-refractivity contribution in [2.24, 2.45) is 0 Å². The smallest absolute Gasteiger partial charge is 0.408 e. The highest BCUT2D eigenvalue weighted by molar-refractivity contribution is 5.72. The van der Waals surface area contributed by atoms with Crippen LogP contribution in [0.3, 0.4) is 0 Å². The summed E-state index contributed by atoms with van der Waals surface area (Å²) in [7, 11) is 1.49. The van der Waals surface area contributed by atoms with Gasteiger partial charge in [0, 0.05) is 5.56 Å². The van der Waals surface area contributed by atoms with E-state index in [0.717, 1.165) is 0 Å². The Balaban J connectivity index is 2.95. The summed E-state index contributed by atoms with van der Waals surface area (Å²) in [6.45, 7) is 5.21. The van der Waals surface area contributed by atoms with Crippen molar-refractivity contribution in [1.82, 2.24) is 5.32 Å². The molecule has 1 amide bonds. The van der Waals surface area contributed by atoms with E-state index < -0.39 is 23.7 Å². The lowest BCUT2D eigenvalue weighted by Crippen LogP contribution is -2.36. The van der Waals surface area contributed by atoms with Crippen molar-refractivity contribution in [3.05, 3.63) is 29.8 Å². The number of aliphatic carboxylic acids is 1. The van der Waals surface area contributed by atoms with Crippen LogP contribution in [0.5, 0.6) is 5.75 Å². The van der Waals surface area contributed by atoms with Crippen LogP contribution in [-0.2, 0) is 9.53 Å². The molecule has 1 atom stereocenters. The van der Waals surface area contributed by atoms with Crippen LogP contribution in [0.2, 0.25) is 0 Å². The van der Waals surface area contributed by atoms with Crippen molar-refractivity contribution >= 4 is 12.1 Å². The SMILES string of the molecule is COc1ccccc1[C@@H](CC(=O)O)NC(=O)OC(C)(C)C. The van der Waals surface area contributed by atoms with Crippen LogP contribution in [0.15, 0.2) is 24.3 Å². The van der Waals surface area contributed by atoms with E-state index in [0.29, 0.717) is 11.3 Å². The number of para-hydroxylation sites is 1. The normalized spacial score (nSPS) is 12.4. The van der Waals surface area contributed by atoms with Gasteiger partial charge in [-0.2, -0.15) is 0 Å². The second-order valence-corrected chi connectivity index (χ2v) is 5.54. The Morgan fingerprint density at radius 2 is 1.90 bits per heavy atom. The van der Waals surface area contributed by atoms with E-state index >= 15 is 0 Å². The maximum Gasteiger partial charge on any atom is 0.408 e. The highest BCUT2D eigenvalue weighted by Gasteiger charge is 2.24. The van der Waals surface area contributed by atoms with Gasteiger partial charge in [0.2, 0.25) is 0 Å². The van der Waals surface area contributed by atoms with Crippen molar-refractivity contribution < 1.29 is 24.2 Å². The number of carboxylic acid groups (broad SMARTS) is 1. The van der Waals surface area contributed by atoms with E-state index in [9.17, 15) is 9.59 Å². The van der Waals surface area contributed by atoms with Gasteiger partial charge in [0.25, 0.3) is 0 Å². The molecular formula is C15H21NO5. The van der Waals surface area contributed by atoms with Crippen LogP contribution < -0.4 is 10.1 Å². The summed E-state index contributed by atoms with van der Waals surface area (Å²) in [5.41, 5.74) is -0.0632. The fourth-order valence-electron chi connectivity index (χ4n) is 1.82. The molecule has 1 aromatic rings. The number of alkyl carbamates (subject to hydrolysis) is 1. The number of ether oxygens (including phenoxy) is 2. The molecule has 6 nitrogen and oxygen atoms in total. The molecule has 2 N–H and O–H groups in total. The molecule has 0 unspecified atom stereocenters. The van der Waals surface area contributed by atoms with Crippen LogP contribution in [0.25, 0.3) is 0 Å². The van der Waals surface area contributed by atoms with Gasteiger partial charge in [0.05, 0.1) is 19.6 Å². The first-order valence-electron chi connectivity index (χ1n) is 6.57. The van der Waals surface area contributed by atoms with Crippen molar-refractivity contribution in [3.63, 3.8) is 0 Å². The molecule has 1 rings (SSSR count). The molecule has 116 valence electrons. The molecule has 0 fully saturated rings. The molecule has 0 radical (unpaired) electrons. The minimum atomic E-state index is -1.03. The van der Waals surface area contributed by atoms with Crippen molar-refractivity contribution in [1.29, 1.82) is 0 Å². The molecule has 0 bridgehead atoms. The number of carbonyl (C=O) groups excluding carboxylic acids is 1. The highest BCUT2D eigenvalue weighted by atomic mass is 16.6.